The van der Waals surface area contributed by atoms with Gasteiger partial charge in [-0.05, 0) is 18.8 Å². The third kappa shape index (κ3) is 3.65. The van der Waals surface area contributed by atoms with Crippen LogP contribution in [0.3, 0.4) is 0 Å². The average Bonchev–Trinajstić information content (AvgIpc) is 2.43. The molecule has 1 saturated carbocycles. The fraction of sp³-hybridized carbons (Fsp3) is 0.846. The predicted octanol–water partition coefficient (Wildman–Crippen LogP) is 1.79. The molecule has 1 saturated heterocycles. The van der Waals surface area contributed by atoms with Crippen LogP contribution in [0.2, 0.25) is 0 Å². The summed E-state index contributed by atoms with van der Waals surface area (Å²) in [5, 5.41) is 2.52. The van der Waals surface area contributed by atoms with Gasteiger partial charge in [0.05, 0.1) is 13.1 Å². The largest absolute Gasteiger partial charge is 0.342 e. The molecule has 8 heteroatoms. The minimum atomic E-state index is -4.30. The summed E-state index contributed by atoms with van der Waals surface area (Å²) in [6.45, 7) is -2.01. The molecule has 2 amide bonds. The lowest BCUT2D eigenvalue weighted by Crippen LogP contribution is -2.62. The Morgan fingerprint density at radius 1 is 1.19 bits per heavy atom. The molecule has 0 radical (unpaired) electrons. The van der Waals surface area contributed by atoms with E-state index < -0.39 is 43.3 Å². The van der Waals surface area contributed by atoms with Crippen molar-refractivity contribution < 1.29 is 27.2 Å². The summed E-state index contributed by atoms with van der Waals surface area (Å²) in [5.41, 5.74) is 0. The van der Waals surface area contributed by atoms with E-state index in [2.05, 4.69) is 5.32 Å². The first-order chi connectivity index (χ1) is 9.81. The Balaban J connectivity index is 2.08. The number of rotatable bonds is 4. The highest BCUT2D eigenvalue weighted by Crippen LogP contribution is 2.30. The van der Waals surface area contributed by atoms with E-state index in [0.29, 0.717) is 4.90 Å². The molecule has 1 heterocycles. The number of alkyl halides is 4. The zero-order valence-corrected chi connectivity index (χ0v) is 11.5. The van der Waals surface area contributed by atoms with Crippen LogP contribution >= 0.6 is 0 Å². The van der Waals surface area contributed by atoms with E-state index in [1.54, 1.807) is 0 Å². The maximum atomic E-state index is 13.1. The second-order valence-electron chi connectivity index (χ2n) is 5.70. The minimum absolute atomic E-state index is 0.0989. The number of piperazine rings is 1. The number of nitrogens with one attached hydrogen (secondary N) is 1. The molecule has 0 aromatic heterocycles. The number of amides is 2. The van der Waals surface area contributed by atoms with Gasteiger partial charge >= 0.3 is 12.3 Å². The van der Waals surface area contributed by atoms with E-state index in [0.717, 1.165) is 32.1 Å². The first-order valence-corrected chi connectivity index (χ1v) is 7.05. The van der Waals surface area contributed by atoms with Gasteiger partial charge < -0.3 is 10.2 Å². The smallest absolute Gasteiger partial charge is 0.324 e. The Morgan fingerprint density at radius 3 is 2.38 bits per heavy atom. The van der Waals surface area contributed by atoms with Gasteiger partial charge in [-0.25, -0.2) is 8.78 Å². The van der Waals surface area contributed by atoms with Gasteiger partial charge in [-0.1, -0.05) is 19.3 Å². The number of halogens is 4. The van der Waals surface area contributed by atoms with Crippen LogP contribution in [-0.2, 0) is 9.59 Å². The standard InChI is InChI=1S/C13H18F4N2O2/c14-12(15)13(16,17)7-19-6-9(20)18-10(11(19)21)8-4-2-1-3-5-8/h8,10,12H,1-7H2,(H,18,20). The summed E-state index contributed by atoms with van der Waals surface area (Å²) in [5.74, 6) is -5.65. The monoisotopic (exact) mass is 310 g/mol. The lowest BCUT2D eigenvalue weighted by Gasteiger charge is -2.38. The van der Waals surface area contributed by atoms with Crippen LogP contribution in [0.1, 0.15) is 32.1 Å². The van der Waals surface area contributed by atoms with Gasteiger partial charge in [0.2, 0.25) is 11.8 Å². The van der Waals surface area contributed by atoms with E-state index in [1.165, 1.54) is 0 Å². The van der Waals surface area contributed by atoms with Crippen molar-refractivity contribution in [2.45, 2.75) is 50.5 Å². The number of carbonyl (C=O) groups is 2. The van der Waals surface area contributed by atoms with Crippen LogP contribution in [0.5, 0.6) is 0 Å². The molecular weight excluding hydrogens is 292 g/mol. The second-order valence-corrected chi connectivity index (χ2v) is 5.70. The van der Waals surface area contributed by atoms with Gasteiger partial charge in [0, 0.05) is 0 Å². The van der Waals surface area contributed by atoms with E-state index in [9.17, 15) is 27.2 Å². The molecule has 2 fully saturated rings. The fourth-order valence-corrected chi connectivity index (χ4v) is 2.97. The SMILES string of the molecule is O=C1CN(CC(F)(F)C(F)F)C(=O)C(C2CCCCC2)N1. The zero-order valence-electron chi connectivity index (χ0n) is 11.5. The first kappa shape index (κ1) is 16.0. The molecule has 120 valence electrons. The van der Waals surface area contributed by atoms with Crippen molar-refractivity contribution in [2.24, 2.45) is 5.92 Å². The Labute approximate surface area is 119 Å². The van der Waals surface area contributed by atoms with Gasteiger partial charge in [0.25, 0.3) is 0 Å². The second kappa shape index (κ2) is 6.19. The van der Waals surface area contributed by atoms with Gasteiger partial charge in [-0.2, -0.15) is 8.78 Å². The molecule has 1 aliphatic heterocycles. The number of nitrogens with zero attached hydrogens (tertiary/aromatic N) is 1. The van der Waals surface area contributed by atoms with Gasteiger partial charge in [0.15, 0.2) is 0 Å². The van der Waals surface area contributed by atoms with Crippen LogP contribution in [0.4, 0.5) is 17.6 Å². The van der Waals surface area contributed by atoms with Crippen LogP contribution in [-0.4, -0.2) is 48.2 Å². The van der Waals surface area contributed by atoms with E-state index in [-0.39, 0.29) is 5.92 Å². The summed E-state index contributed by atoms with van der Waals surface area (Å²) in [4.78, 5) is 24.4. The van der Waals surface area contributed by atoms with E-state index in [1.807, 2.05) is 0 Å². The summed E-state index contributed by atoms with van der Waals surface area (Å²) in [7, 11) is 0. The Bertz CT molecular complexity index is 411. The summed E-state index contributed by atoms with van der Waals surface area (Å²) in [6, 6.07) is -0.861. The quantitative estimate of drug-likeness (QED) is 0.805. The maximum Gasteiger partial charge on any atom is 0.324 e. The molecule has 0 aromatic carbocycles. The normalized spacial score (nSPS) is 25.4. The molecule has 21 heavy (non-hydrogen) atoms. The van der Waals surface area contributed by atoms with E-state index >= 15 is 0 Å². The molecule has 2 rings (SSSR count). The molecule has 4 nitrogen and oxygen atoms in total. The third-order valence-electron chi connectivity index (χ3n) is 4.07. The lowest BCUT2D eigenvalue weighted by molar-refractivity contribution is -0.165. The lowest BCUT2D eigenvalue weighted by atomic mass is 9.82. The van der Waals surface area contributed by atoms with Crippen LogP contribution in [0.25, 0.3) is 0 Å². The van der Waals surface area contributed by atoms with Crippen molar-refractivity contribution in [2.75, 3.05) is 13.1 Å². The Morgan fingerprint density at radius 2 is 1.81 bits per heavy atom. The highest BCUT2D eigenvalue weighted by molar-refractivity contribution is 5.95. The van der Waals surface area contributed by atoms with Crippen molar-refractivity contribution in [3.8, 4) is 0 Å². The maximum absolute atomic E-state index is 13.1. The number of hydrogen-bond acceptors (Lipinski definition) is 2. The summed E-state index contributed by atoms with van der Waals surface area (Å²) in [6.07, 6.45) is 0.474. The molecule has 1 N–H and O–H groups in total. The van der Waals surface area contributed by atoms with Crippen molar-refractivity contribution >= 4 is 11.8 Å². The minimum Gasteiger partial charge on any atom is -0.342 e. The summed E-state index contributed by atoms with van der Waals surface area (Å²) < 4.78 is 50.8. The predicted molar refractivity (Wildman–Crippen MR) is 66.0 cm³/mol. The van der Waals surface area contributed by atoms with Crippen molar-refractivity contribution in [1.82, 2.24) is 10.2 Å². The molecule has 0 bridgehead atoms. The van der Waals surface area contributed by atoms with Crippen molar-refractivity contribution in [3.05, 3.63) is 0 Å². The van der Waals surface area contributed by atoms with E-state index in [4.69, 9.17) is 0 Å². The Hall–Kier alpha value is -1.34. The highest BCUT2D eigenvalue weighted by Gasteiger charge is 2.47. The first-order valence-electron chi connectivity index (χ1n) is 7.05. The zero-order chi connectivity index (χ0) is 15.6. The molecule has 1 unspecified atom stereocenters. The van der Waals surface area contributed by atoms with Gasteiger partial charge in [0.1, 0.15) is 6.04 Å². The van der Waals surface area contributed by atoms with Gasteiger partial charge in [-0.3, -0.25) is 9.59 Å². The highest BCUT2D eigenvalue weighted by atomic mass is 19.3. The van der Waals surface area contributed by atoms with Crippen molar-refractivity contribution in [3.63, 3.8) is 0 Å². The van der Waals surface area contributed by atoms with Crippen LogP contribution in [0.15, 0.2) is 0 Å². The molecule has 1 atom stereocenters. The number of hydrogen-bond donors (Lipinski definition) is 1. The molecule has 1 aliphatic carbocycles. The van der Waals surface area contributed by atoms with Crippen molar-refractivity contribution in [1.29, 1.82) is 0 Å². The molecular formula is C13H18F4N2O2. The topological polar surface area (TPSA) is 49.4 Å². The van der Waals surface area contributed by atoms with Crippen LogP contribution in [0, 0.1) is 5.92 Å². The molecule has 0 spiro atoms. The molecule has 0 aromatic rings. The summed E-state index contributed by atoms with van der Waals surface area (Å²) >= 11 is 0. The third-order valence-corrected chi connectivity index (χ3v) is 4.07. The Kier molecular flexibility index (Phi) is 4.73. The number of carbonyl (C=O) groups excluding carboxylic acids is 2. The van der Waals surface area contributed by atoms with Gasteiger partial charge in [-0.15, -0.1) is 0 Å². The fourth-order valence-electron chi connectivity index (χ4n) is 2.97. The van der Waals surface area contributed by atoms with Crippen LogP contribution < -0.4 is 5.32 Å². The average molecular weight is 310 g/mol. The molecule has 2 aliphatic rings.